The average Bonchev–Trinajstić information content (AvgIpc) is 2.04. The SMILES string of the molecule is COc1ccc(CCl)nc1Br. The highest BCUT2D eigenvalue weighted by Gasteiger charge is 2.00. The van der Waals surface area contributed by atoms with E-state index in [4.69, 9.17) is 16.3 Å². The number of rotatable bonds is 2. The van der Waals surface area contributed by atoms with E-state index in [2.05, 4.69) is 20.9 Å². The predicted octanol–water partition coefficient (Wildman–Crippen LogP) is 2.59. The fraction of sp³-hybridized carbons (Fsp3) is 0.286. The third-order valence-corrected chi connectivity index (χ3v) is 2.07. The lowest BCUT2D eigenvalue weighted by Gasteiger charge is -2.02. The van der Waals surface area contributed by atoms with E-state index in [1.165, 1.54) is 0 Å². The van der Waals surface area contributed by atoms with Crippen molar-refractivity contribution in [2.24, 2.45) is 0 Å². The van der Waals surface area contributed by atoms with Crippen molar-refractivity contribution < 1.29 is 4.74 Å². The first kappa shape index (κ1) is 8.81. The molecular formula is C7H7BrClNO. The molecule has 11 heavy (non-hydrogen) atoms. The van der Waals surface area contributed by atoms with E-state index in [0.717, 1.165) is 11.4 Å². The van der Waals surface area contributed by atoms with Crippen molar-refractivity contribution in [1.82, 2.24) is 4.98 Å². The number of ether oxygens (including phenoxy) is 1. The first-order valence-electron chi connectivity index (χ1n) is 3.03. The second-order valence-corrected chi connectivity index (χ2v) is 2.95. The molecule has 0 aliphatic heterocycles. The highest BCUT2D eigenvalue weighted by atomic mass is 79.9. The molecule has 0 amide bonds. The Balaban J connectivity index is 2.99. The Morgan fingerprint density at radius 3 is 2.82 bits per heavy atom. The fourth-order valence-electron chi connectivity index (χ4n) is 0.686. The molecule has 0 spiro atoms. The topological polar surface area (TPSA) is 22.1 Å². The minimum absolute atomic E-state index is 0.419. The summed E-state index contributed by atoms with van der Waals surface area (Å²) in [6.07, 6.45) is 0. The van der Waals surface area contributed by atoms with Crippen LogP contribution in [0.25, 0.3) is 0 Å². The van der Waals surface area contributed by atoms with Gasteiger partial charge in [0.1, 0.15) is 4.60 Å². The van der Waals surface area contributed by atoms with E-state index in [0.29, 0.717) is 10.5 Å². The Morgan fingerprint density at radius 2 is 2.36 bits per heavy atom. The number of methoxy groups -OCH3 is 1. The molecule has 0 N–H and O–H groups in total. The summed E-state index contributed by atoms with van der Waals surface area (Å²) in [4.78, 5) is 4.12. The zero-order valence-electron chi connectivity index (χ0n) is 5.97. The van der Waals surface area contributed by atoms with Crippen LogP contribution in [-0.4, -0.2) is 12.1 Å². The molecular weight excluding hydrogens is 229 g/mol. The molecule has 1 aromatic rings. The van der Waals surface area contributed by atoms with E-state index >= 15 is 0 Å². The van der Waals surface area contributed by atoms with E-state index in [9.17, 15) is 0 Å². The quantitative estimate of drug-likeness (QED) is 0.582. The average molecular weight is 236 g/mol. The minimum Gasteiger partial charge on any atom is -0.494 e. The molecule has 0 unspecified atom stereocenters. The second kappa shape index (κ2) is 3.93. The summed E-state index contributed by atoms with van der Waals surface area (Å²) in [6, 6.07) is 3.66. The highest BCUT2D eigenvalue weighted by molar-refractivity contribution is 9.10. The van der Waals surface area contributed by atoms with Gasteiger partial charge >= 0.3 is 0 Å². The van der Waals surface area contributed by atoms with Gasteiger partial charge < -0.3 is 4.74 Å². The van der Waals surface area contributed by atoms with Crippen LogP contribution < -0.4 is 4.74 Å². The summed E-state index contributed by atoms with van der Waals surface area (Å²) in [5.41, 5.74) is 0.833. The van der Waals surface area contributed by atoms with Gasteiger partial charge in [0.25, 0.3) is 0 Å². The lowest BCUT2D eigenvalue weighted by molar-refractivity contribution is 0.409. The van der Waals surface area contributed by atoms with Crippen molar-refractivity contribution in [2.75, 3.05) is 7.11 Å². The lowest BCUT2D eigenvalue weighted by Crippen LogP contribution is -1.90. The summed E-state index contributed by atoms with van der Waals surface area (Å²) in [5.74, 6) is 1.14. The van der Waals surface area contributed by atoms with Gasteiger partial charge in [-0.25, -0.2) is 4.98 Å². The summed E-state index contributed by atoms with van der Waals surface area (Å²) in [5, 5.41) is 0. The molecule has 2 nitrogen and oxygen atoms in total. The number of alkyl halides is 1. The summed E-state index contributed by atoms with van der Waals surface area (Å²) >= 11 is 8.82. The van der Waals surface area contributed by atoms with Crippen LogP contribution in [0.15, 0.2) is 16.7 Å². The highest BCUT2D eigenvalue weighted by Crippen LogP contribution is 2.22. The summed E-state index contributed by atoms with van der Waals surface area (Å²) in [6.45, 7) is 0. The fourth-order valence-corrected chi connectivity index (χ4v) is 1.36. The third-order valence-electron chi connectivity index (χ3n) is 1.23. The number of pyridine rings is 1. The second-order valence-electron chi connectivity index (χ2n) is 1.93. The van der Waals surface area contributed by atoms with Crippen LogP contribution in [0.5, 0.6) is 5.75 Å². The molecule has 1 heterocycles. The van der Waals surface area contributed by atoms with Crippen molar-refractivity contribution in [3.8, 4) is 5.75 Å². The minimum atomic E-state index is 0.419. The molecule has 0 saturated carbocycles. The lowest BCUT2D eigenvalue weighted by atomic mass is 10.4. The maximum Gasteiger partial charge on any atom is 0.151 e. The Kier molecular flexibility index (Phi) is 3.15. The number of nitrogens with zero attached hydrogens (tertiary/aromatic N) is 1. The van der Waals surface area contributed by atoms with E-state index in [1.54, 1.807) is 7.11 Å². The van der Waals surface area contributed by atoms with Crippen molar-refractivity contribution >= 4 is 27.5 Å². The monoisotopic (exact) mass is 235 g/mol. The van der Waals surface area contributed by atoms with Gasteiger partial charge in [-0.3, -0.25) is 0 Å². The molecule has 1 rings (SSSR count). The van der Waals surface area contributed by atoms with Crippen LogP contribution in [0, 0.1) is 0 Å². The number of hydrogen-bond donors (Lipinski definition) is 0. The molecule has 0 aliphatic rings. The normalized spacial score (nSPS) is 9.73. The smallest absolute Gasteiger partial charge is 0.151 e. The van der Waals surface area contributed by atoms with Gasteiger partial charge in [0.2, 0.25) is 0 Å². The molecule has 0 radical (unpaired) electrons. The first-order valence-corrected chi connectivity index (χ1v) is 4.36. The molecule has 0 fully saturated rings. The van der Waals surface area contributed by atoms with Gasteiger partial charge in [0.15, 0.2) is 5.75 Å². The first-order chi connectivity index (χ1) is 5.27. The van der Waals surface area contributed by atoms with Crippen LogP contribution in [0.1, 0.15) is 5.69 Å². The molecule has 1 aromatic heterocycles. The van der Waals surface area contributed by atoms with Crippen molar-refractivity contribution in [2.45, 2.75) is 5.88 Å². The molecule has 60 valence electrons. The zero-order valence-corrected chi connectivity index (χ0v) is 8.32. The van der Waals surface area contributed by atoms with E-state index in [-0.39, 0.29) is 0 Å². The van der Waals surface area contributed by atoms with Crippen molar-refractivity contribution in [3.63, 3.8) is 0 Å². The van der Waals surface area contributed by atoms with Gasteiger partial charge in [0.05, 0.1) is 18.7 Å². The summed E-state index contributed by atoms with van der Waals surface area (Å²) in [7, 11) is 1.60. The van der Waals surface area contributed by atoms with Crippen LogP contribution in [0.4, 0.5) is 0 Å². The van der Waals surface area contributed by atoms with Gasteiger partial charge in [-0.2, -0.15) is 0 Å². The summed E-state index contributed by atoms with van der Waals surface area (Å²) < 4.78 is 5.68. The van der Waals surface area contributed by atoms with Gasteiger partial charge in [-0.15, -0.1) is 11.6 Å². The molecule has 0 aliphatic carbocycles. The number of aromatic nitrogens is 1. The Morgan fingerprint density at radius 1 is 1.64 bits per heavy atom. The molecule has 0 aromatic carbocycles. The number of halogens is 2. The maximum absolute atomic E-state index is 5.57. The predicted molar refractivity (Wildman–Crippen MR) is 48.0 cm³/mol. The van der Waals surface area contributed by atoms with Gasteiger partial charge in [-0.05, 0) is 28.1 Å². The third kappa shape index (κ3) is 2.07. The standard InChI is InChI=1S/C7H7BrClNO/c1-11-6-3-2-5(4-9)10-7(6)8/h2-3H,4H2,1H3. The molecule has 4 heteroatoms. The van der Waals surface area contributed by atoms with Crippen molar-refractivity contribution in [1.29, 1.82) is 0 Å². The Labute approximate surface area is 78.7 Å². The van der Waals surface area contributed by atoms with E-state index in [1.807, 2.05) is 12.1 Å². The van der Waals surface area contributed by atoms with Crippen LogP contribution >= 0.6 is 27.5 Å². The van der Waals surface area contributed by atoms with Crippen LogP contribution in [0.3, 0.4) is 0 Å². The zero-order chi connectivity index (χ0) is 8.27. The molecule has 0 bridgehead atoms. The van der Waals surface area contributed by atoms with Crippen LogP contribution in [0.2, 0.25) is 0 Å². The molecule has 0 atom stereocenters. The molecule has 0 saturated heterocycles. The Bertz CT molecular complexity index is 254. The maximum atomic E-state index is 5.57. The van der Waals surface area contributed by atoms with E-state index < -0.39 is 0 Å². The Hall–Kier alpha value is -0.280. The van der Waals surface area contributed by atoms with Crippen LogP contribution in [-0.2, 0) is 5.88 Å². The number of hydrogen-bond acceptors (Lipinski definition) is 2. The largest absolute Gasteiger partial charge is 0.494 e. The van der Waals surface area contributed by atoms with Crippen molar-refractivity contribution in [3.05, 3.63) is 22.4 Å². The van der Waals surface area contributed by atoms with Gasteiger partial charge in [-0.1, -0.05) is 0 Å². The van der Waals surface area contributed by atoms with Gasteiger partial charge in [0, 0.05) is 0 Å².